The van der Waals surface area contributed by atoms with E-state index < -0.39 is 11.8 Å². The molecule has 4 rings (SSSR count). The average Bonchev–Trinajstić information content (AvgIpc) is 3.37. The number of nitrogens with one attached hydrogen (secondary N) is 2. The van der Waals surface area contributed by atoms with Crippen LogP contribution >= 0.6 is 0 Å². The van der Waals surface area contributed by atoms with Crippen LogP contribution in [0.2, 0.25) is 0 Å². The Bertz CT molecular complexity index is 1180. The standard InChI is InChI=1S/C24H25N5O3/c1-15-9-11-16(12-10-15)29-20-8-4-6-18(20)22(28-29)24(32)27-19-7-3-2-5-17(19)23(31)26-14-13-21(25)30/h2-3,5,7,9-12H,4,6,8,13-14H2,1H3,(H2,25,30)(H,26,31)(H,27,32). The molecule has 1 aliphatic carbocycles. The van der Waals surface area contributed by atoms with Crippen LogP contribution in [0.3, 0.4) is 0 Å². The van der Waals surface area contributed by atoms with E-state index in [2.05, 4.69) is 15.7 Å². The summed E-state index contributed by atoms with van der Waals surface area (Å²) in [7, 11) is 0. The van der Waals surface area contributed by atoms with Gasteiger partial charge in [-0.3, -0.25) is 14.4 Å². The van der Waals surface area contributed by atoms with Gasteiger partial charge in [0.1, 0.15) is 0 Å². The van der Waals surface area contributed by atoms with Crippen molar-refractivity contribution in [3.63, 3.8) is 0 Å². The van der Waals surface area contributed by atoms with Crippen molar-refractivity contribution < 1.29 is 14.4 Å². The summed E-state index contributed by atoms with van der Waals surface area (Å²) in [4.78, 5) is 36.6. The molecule has 0 fully saturated rings. The van der Waals surface area contributed by atoms with Gasteiger partial charge in [-0.25, -0.2) is 4.68 Å². The Labute approximate surface area is 185 Å². The summed E-state index contributed by atoms with van der Waals surface area (Å²) in [5, 5.41) is 10.1. The highest BCUT2D eigenvalue weighted by Crippen LogP contribution is 2.29. The number of carbonyl (C=O) groups excluding carboxylic acids is 3. The minimum atomic E-state index is -0.495. The normalized spacial score (nSPS) is 12.3. The zero-order chi connectivity index (χ0) is 22.7. The Morgan fingerprint density at radius 1 is 1.03 bits per heavy atom. The van der Waals surface area contributed by atoms with Crippen molar-refractivity contribution in [3.8, 4) is 5.69 Å². The highest BCUT2D eigenvalue weighted by Gasteiger charge is 2.27. The molecule has 0 spiro atoms. The number of primary amides is 1. The van der Waals surface area contributed by atoms with Gasteiger partial charge in [-0.15, -0.1) is 0 Å². The molecule has 0 saturated carbocycles. The second-order valence-electron chi connectivity index (χ2n) is 7.85. The van der Waals surface area contributed by atoms with Gasteiger partial charge in [-0.2, -0.15) is 5.10 Å². The SMILES string of the molecule is Cc1ccc(-n2nc(C(=O)Nc3ccccc3C(=O)NCCC(N)=O)c3c2CCC3)cc1. The van der Waals surface area contributed by atoms with Crippen molar-refractivity contribution in [3.05, 3.63) is 76.6 Å². The van der Waals surface area contributed by atoms with E-state index in [1.54, 1.807) is 24.3 Å². The Balaban J connectivity index is 1.58. The van der Waals surface area contributed by atoms with Gasteiger partial charge in [0.2, 0.25) is 5.91 Å². The van der Waals surface area contributed by atoms with Crippen molar-refractivity contribution in [1.82, 2.24) is 15.1 Å². The first-order valence-corrected chi connectivity index (χ1v) is 10.6. The van der Waals surface area contributed by atoms with Gasteiger partial charge in [0.25, 0.3) is 11.8 Å². The molecule has 8 nitrogen and oxygen atoms in total. The highest BCUT2D eigenvalue weighted by atomic mass is 16.2. The molecule has 0 saturated heterocycles. The summed E-state index contributed by atoms with van der Waals surface area (Å²) in [6, 6.07) is 14.8. The number of aromatic nitrogens is 2. The molecule has 1 aliphatic rings. The minimum Gasteiger partial charge on any atom is -0.370 e. The van der Waals surface area contributed by atoms with E-state index >= 15 is 0 Å². The lowest BCUT2D eigenvalue weighted by atomic mass is 10.1. The fourth-order valence-electron chi connectivity index (χ4n) is 3.89. The zero-order valence-corrected chi connectivity index (χ0v) is 17.9. The van der Waals surface area contributed by atoms with Gasteiger partial charge in [-0.05, 0) is 50.5 Å². The maximum atomic E-state index is 13.2. The molecule has 3 amide bonds. The van der Waals surface area contributed by atoms with E-state index in [-0.39, 0.29) is 18.9 Å². The van der Waals surface area contributed by atoms with Gasteiger partial charge in [0, 0.05) is 24.2 Å². The van der Waals surface area contributed by atoms with E-state index in [1.165, 1.54) is 0 Å². The zero-order valence-electron chi connectivity index (χ0n) is 17.9. The van der Waals surface area contributed by atoms with Gasteiger partial charge in [0.15, 0.2) is 5.69 Å². The number of nitrogens with two attached hydrogens (primary N) is 1. The van der Waals surface area contributed by atoms with Crippen molar-refractivity contribution in [2.75, 3.05) is 11.9 Å². The van der Waals surface area contributed by atoms with E-state index in [0.29, 0.717) is 16.9 Å². The molecule has 3 aromatic rings. The first-order valence-electron chi connectivity index (χ1n) is 10.6. The average molecular weight is 431 g/mol. The summed E-state index contributed by atoms with van der Waals surface area (Å²) in [6.07, 6.45) is 2.67. The van der Waals surface area contributed by atoms with Crippen molar-refractivity contribution in [2.45, 2.75) is 32.6 Å². The monoisotopic (exact) mass is 431 g/mol. The van der Waals surface area contributed by atoms with Gasteiger partial charge >= 0.3 is 0 Å². The summed E-state index contributed by atoms with van der Waals surface area (Å²) < 4.78 is 1.85. The number of carbonyl (C=O) groups is 3. The first-order chi connectivity index (χ1) is 15.4. The summed E-state index contributed by atoms with van der Waals surface area (Å²) in [6.45, 7) is 2.16. The maximum absolute atomic E-state index is 13.2. The summed E-state index contributed by atoms with van der Waals surface area (Å²) in [5.74, 6) is -1.24. The summed E-state index contributed by atoms with van der Waals surface area (Å²) in [5.41, 5.74) is 10.3. The molecule has 0 radical (unpaired) electrons. The number of hydrogen-bond donors (Lipinski definition) is 3. The molecule has 0 bridgehead atoms. The van der Waals surface area contributed by atoms with E-state index in [1.807, 2.05) is 35.9 Å². The molecule has 2 aromatic carbocycles. The molecule has 164 valence electrons. The minimum absolute atomic E-state index is 0.0445. The molecular formula is C24H25N5O3. The van der Waals surface area contributed by atoms with Gasteiger partial charge in [0.05, 0.1) is 16.9 Å². The third-order valence-electron chi connectivity index (χ3n) is 5.50. The number of anilines is 1. The Morgan fingerprint density at radius 3 is 2.53 bits per heavy atom. The Kier molecular flexibility index (Phi) is 6.02. The number of hydrogen-bond acceptors (Lipinski definition) is 4. The third-order valence-corrected chi connectivity index (χ3v) is 5.50. The van der Waals surface area contributed by atoms with Crippen LogP contribution in [0.4, 0.5) is 5.69 Å². The van der Waals surface area contributed by atoms with E-state index in [0.717, 1.165) is 41.8 Å². The summed E-state index contributed by atoms with van der Waals surface area (Å²) >= 11 is 0. The van der Waals surface area contributed by atoms with E-state index in [4.69, 9.17) is 5.73 Å². The van der Waals surface area contributed by atoms with Crippen LogP contribution in [0.15, 0.2) is 48.5 Å². The number of nitrogens with zero attached hydrogens (tertiary/aromatic N) is 2. The lowest BCUT2D eigenvalue weighted by molar-refractivity contribution is -0.117. The molecule has 32 heavy (non-hydrogen) atoms. The van der Waals surface area contributed by atoms with Crippen molar-refractivity contribution >= 4 is 23.4 Å². The molecule has 4 N–H and O–H groups in total. The number of aryl methyl sites for hydroxylation is 1. The number of fused-ring (bicyclic) bond motifs is 1. The largest absolute Gasteiger partial charge is 0.370 e. The van der Waals surface area contributed by atoms with Gasteiger partial charge in [-0.1, -0.05) is 29.8 Å². The van der Waals surface area contributed by atoms with Crippen LogP contribution in [-0.2, 0) is 17.6 Å². The van der Waals surface area contributed by atoms with Crippen LogP contribution in [-0.4, -0.2) is 34.0 Å². The Morgan fingerprint density at radius 2 is 1.78 bits per heavy atom. The highest BCUT2D eigenvalue weighted by molar-refractivity contribution is 6.09. The fraction of sp³-hybridized carbons (Fsp3) is 0.250. The number of amides is 3. The quantitative estimate of drug-likeness (QED) is 0.532. The molecule has 1 heterocycles. The maximum Gasteiger partial charge on any atom is 0.276 e. The van der Waals surface area contributed by atoms with Crippen LogP contribution in [0.25, 0.3) is 5.69 Å². The predicted molar refractivity (Wildman–Crippen MR) is 121 cm³/mol. The van der Waals surface area contributed by atoms with Crippen molar-refractivity contribution in [2.24, 2.45) is 5.73 Å². The molecule has 0 unspecified atom stereocenters. The molecular weight excluding hydrogens is 406 g/mol. The predicted octanol–water partition coefficient (Wildman–Crippen LogP) is 2.53. The third kappa shape index (κ3) is 4.39. The molecule has 1 aromatic heterocycles. The van der Waals surface area contributed by atoms with Crippen molar-refractivity contribution in [1.29, 1.82) is 0 Å². The number of benzene rings is 2. The van der Waals surface area contributed by atoms with E-state index in [9.17, 15) is 14.4 Å². The number of para-hydroxylation sites is 1. The molecule has 0 aliphatic heterocycles. The lowest BCUT2D eigenvalue weighted by Gasteiger charge is -2.11. The van der Waals surface area contributed by atoms with Crippen LogP contribution in [0.5, 0.6) is 0 Å². The van der Waals surface area contributed by atoms with Crippen LogP contribution in [0, 0.1) is 6.92 Å². The van der Waals surface area contributed by atoms with Gasteiger partial charge < -0.3 is 16.4 Å². The second-order valence-corrected chi connectivity index (χ2v) is 7.85. The first kappa shape index (κ1) is 21.3. The lowest BCUT2D eigenvalue weighted by Crippen LogP contribution is -2.29. The van der Waals surface area contributed by atoms with Crippen LogP contribution in [0.1, 0.15) is 50.5 Å². The fourth-order valence-corrected chi connectivity index (χ4v) is 3.89. The second kappa shape index (κ2) is 9.05. The molecule has 0 atom stereocenters. The topological polar surface area (TPSA) is 119 Å². The number of rotatable bonds is 7. The van der Waals surface area contributed by atoms with Crippen LogP contribution < -0.4 is 16.4 Å². The molecule has 8 heteroatoms. The smallest absolute Gasteiger partial charge is 0.276 e. The Hall–Kier alpha value is -3.94.